The fourth-order valence-electron chi connectivity index (χ4n) is 0.963. The van der Waals surface area contributed by atoms with Gasteiger partial charge >= 0.3 is 0 Å². The number of hydrogen-bond donors (Lipinski definition) is 0. The molecule has 0 aromatic heterocycles. The molecule has 2 radical (unpaired) electrons. The van der Waals surface area contributed by atoms with Crippen LogP contribution in [0, 0.1) is 6.42 Å². The minimum absolute atomic E-state index is 1.00. The lowest BCUT2D eigenvalue weighted by molar-refractivity contribution is 0.567. The highest BCUT2D eigenvalue weighted by Crippen LogP contribution is 2.03. The predicted octanol–water partition coefficient (Wildman–Crippen LogP) is 1.37. The molecule has 0 N–H and O–H groups in total. The Morgan fingerprint density at radius 1 is 1.12 bits per heavy atom. The van der Waals surface area contributed by atoms with Crippen molar-refractivity contribution in [3.8, 4) is 0 Å². The van der Waals surface area contributed by atoms with E-state index in [1.54, 1.807) is 0 Å². The van der Waals surface area contributed by atoms with Gasteiger partial charge in [0.1, 0.15) is 0 Å². The maximum atomic E-state index is 4.28. The topological polar surface area (TPSA) is 14.1 Å². The Kier molecular flexibility index (Phi) is 2.97. The molecular formula is C7H13N. The van der Waals surface area contributed by atoms with Gasteiger partial charge < -0.3 is 0 Å². The lowest BCUT2D eigenvalue weighted by atomic mass is 10.1. The highest BCUT2D eigenvalue weighted by Gasteiger charge is 1.95. The predicted molar refractivity (Wildman–Crippen MR) is 34.6 cm³/mol. The zero-order chi connectivity index (χ0) is 5.66. The Balaban J connectivity index is 2.00. The zero-order valence-corrected chi connectivity index (χ0v) is 5.27. The van der Waals surface area contributed by atoms with Crippen LogP contribution >= 0.6 is 0 Å². The molecule has 0 aromatic rings. The molecule has 0 atom stereocenters. The second-order valence-electron chi connectivity index (χ2n) is 2.27. The zero-order valence-electron chi connectivity index (χ0n) is 5.27. The average molecular weight is 111 g/mol. The molecule has 0 unspecified atom stereocenters. The van der Waals surface area contributed by atoms with Crippen LogP contribution in [0.4, 0.5) is 0 Å². The molecular weight excluding hydrogens is 98.1 g/mol. The van der Waals surface area contributed by atoms with E-state index >= 15 is 0 Å². The van der Waals surface area contributed by atoms with Gasteiger partial charge in [0.15, 0.2) is 0 Å². The van der Waals surface area contributed by atoms with Crippen LogP contribution in [-0.2, 0) is 0 Å². The Bertz CT molecular complexity index is 28.3. The fraction of sp³-hybridized carbons (Fsp3) is 0.857. The molecule has 0 aliphatic carbocycles. The summed E-state index contributed by atoms with van der Waals surface area (Å²) in [4.78, 5) is 0. The highest BCUT2D eigenvalue weighted by atomic mass is 14.8. The molecule has 1 heteroatoms. The van der Waals surface area contributed by atoms with Crippen molar-refractivity contribution in [1.29, 1.82) is 0 Å². The molecule has 1 fully saturated rings. The van der Waals surface area contributed by atoms with Crippen molar-refractivity contribution in [2.75, 3.05) is 13.1 Å². The van der Waals surface area contributed by atoms with Gasteiger partial charge in [-0.15, -0.1) is 0 Å². The van der Waals surface area contributed by atoms with Gasteiger partial charge in [-0.3, -0.25) is 0 Å². The molecule has 1 nitrogen and oxygen atoms in total. The third kappa shape index (κ3) is 2.31. The molecule has 0 amide bonds. The molecule has 8 heavy (non-hydrogen) atoms. The van der Waals surface area contributed by atoms with E-state index < -0.39 is 0 Å². The number of hydrogen-bond acceptors (Lipinski definition) is 0. The van der Waals surface area contributed by atoms with E-state index in [4.69, 9.17) is 0 Å². The summed E-state index contributed by atoms with van der Waals surface area (Å²) < 4.78 is 0. The Morgan fingerprint density at radius 2 is 2.12 bits per heavy atom. The molecule has 0 aromatic carbocycles. The first-order valence-electron chi connectivity index (χ1n) is 3.45. The number of nitrogens with zero attached hydrogens (tertiary/aromatic N) is 1. The maximum absolute atomic E-state index is 4.28. The quantitative estimate of drug-likeness (QED) is 0.448. The Labute approximate surface area is 51.5 Å². The lowest BCUT2D eigenvalue weighted by Crippen LogP contribution is -2.11. The smallest absolute Gasteiger partial charge is 0.0164 e. The molecule has 1 rings (SSSR count). The summed E-state index contributed by atoms with van der Waals surface area (Å²) >= 11 is 0. The van der Waals surface area contributed by atoms with Gasteiger partial charge in [-0.2, -0.15) is 0 Å². The van der Waals surface area contributed by atoms with Crippen LogP contribution in [-0.4, -0.2) is 13.1 Å². The van der Waals surface area contributed by atoms with Crippen LogP contribution < -0.4 is 5.32 Å². The molecule has 1 heterocycles. The van der Waals surface area contributed by atoms with Crippen LogP contribution in [0.15, 0.2) is 0 Å². The fourth-order valence-corrected chi connectivity index (χ4v) is 0.963. The van der Waals surface area contributed by atoms with Crippen molar-refractivity contribution in [1.82, 2.24) is 5.32 Å². The highest BCUT2D eigenvalue weighted by molar-refractivity contribution is 4.69. The van der Waals surface area contributed by atoms with E-state index in [2.05, 4.69) is 11.7 Å². The monoisotopic (exact) mass is 111 g/mol. The normalized spacial score (nSPS) is 24.0. The van der Waals surface area contributed by atoms with E-state index in [1.165, 1.54) is 25.7 Å². The summed E-state index contributed by atoms with van der Waals surface area (Å²) in [5, 5.41) is 4.28. The van der Waals surface area contributed by atoms with E-state index in [1.807, 2.05) is 0 Å². The van der Waals surface area contributed by atoms with Crippen molar-refractivity contribution in [2.24, 2.45) is 0 Å². The van der Waals surface area contributed by atoms with Crippen LogP contribution in [0.3, 0.4) is 0 Å². The molecule has 0 saturated carbocycles. The molecule has 1 saturated heterocycles. The van der Waals surface area contributed by atoms with Gasteiger partial charge in [-0.25, -0.2) is 5.32 Å². The van der Waals surface area contributed by atoms with Crippen molar-refractivity contribution in [3.05, 3.63) is 6.42 Å². The first kappa shape index (κ1) is 6.09. The maximum Gasteiger partial charge on any atom is 0.0164 e. The minimum atomic E-state index is 1.00. The molecule has 1 aliphatic heterocycles. The molecule has 0 bridgehead atoms. The van der Waals surface area contributed by atoms with Crippen LogP contribution in [0.1, 0.15) is 25.7 Å². The van der Waals surface area contributed by atoms with E-state index in [-0.39, 0.29) is 0 Å². The van der Waals surface area contributed by atoms with Gasteiger partial charge in [-0.1, -0.05) is 12.8 Å². The van der Waals surface area contributed by atoms with Crippen molar-refractivity contribution < 1.29 is 0 Å². The third-order valence-electron chi connectivity index (χ3n) is 1.48. The van der Waals surface area contributed by atoms with Gasteiger partial charge in [0, 0.05) is 13.1 Å². The summed E-state index contributed by atoms with van der Waals surface area (Å²) in [5.41, 5.74) is 0. The lowest BCUT2D eigenvalue weighted by Gasteiger charge is -2.06. The van der Waals surface area contributed by atoms with Crippen LogP contribution in [0.5, 0.6) is 0 Å². The summed E-state index contributed by atoms with van der Waals surface area (Å²) in [5.74, 6) is 0. The van der Waals surface area contributed by atoms with Crippen LogP contribution in [0.25, 0.3) is 0 Å². The van der Waals surface area contributed by atoms with Crippen LogP contribution in [0.2, 0.25) is 0 Å². The first-order valence-corrected chi connectivity index (χ1v) is 3.45. The minimum Gasteiger partial charge on any atom is -0.241 e. The second kappa shape index (κ2) is 3.90. The van der Waals surface area contributed by atoms with Gasteiger partial charge in [0.25, 0.3) is 0 Å². The summed E-state index contributed by atoms with van der Waals surface area (Å²) in [6, 6.07) is 0. The number of rotatable bonds is 0. The van der Waals surface area contributed by atoms with E-state index in [9.17, 15) is 0 Å². The third-order valence-corrected chi connectivity index (χ3v) is 1.48. The van der Waals surface area contributed by atoms with Crippen molar-refractivity contribution in [3.63, 3.8) is 0 Å². The molecule has 46 valence electrons. The SMILES string of the molecule is [CH]1CCCCC[N]C1. The summed E-state index contributed by atoms with van der Waals surface area (Å²) in [7, 11) is 0. The van der Waals surface area contributed by atoms with Crippen molar-refractivity contribution >= 4 is 0 Å². The van der Waals surface area contributed by atoms with Crippen molar-refractivity contribution in [2.45, 2.75) is 25.7 Å². The standard InChI is InChI=1S/C7H13N/c1-2-4-6-8-7-5-3-1/h4H,1-3,5-7H2. The summed E-state index contributed by atoms with van der Waals surface area (Å²) in [6.07, 6.45) is 7.63. The van der Waals surface area contributed by atoms with Gasteiger partial charge in [0.05, 0.1) is 0 Å². The van der Waals surface area contributed by atoms with E-state index in [0.717, 1.165) is 13.1 Å². The Hall–Kier alpha value is -0.0400. The Morgan fingerprint density at radius 3 is 3.12 bits per heavy atom. The largest absolute Gasteiger partial charge is 0.241 e. The van der Waals surface area contributed by atoms with Gasteiger partial charge in [-0.05, 0) is 19.3 Å². The molecule has 0 spiro atoms. The average Bonchev–Trinajstić information content (AvgIpc) is 1.62. The van der Waals surface area contributed by atoms with E-state index in [0.29, 0.717) is 0 Å². The summed E-state index contributed by atoms with van der Waals surface area (Å²) in [6.45, 7) is 2.09. The van der Waals surface area contributed by atoms with Gasteiger partial charge in [0.2, 0.25) is 0 Å². The molecule has 1 aliphatic rings. The first-order chi connectivity index (χ1) is 4.00. The second-order valence-corrected chi connectivity index (χ2v) is 2.27.